The van der Waals surface area contributed by atoms with Crippen molar-refractivity contribution in [1.82, 2.24) is 4.98 Å². The van der Waals surface area contributed by atoms with E-state index >= 15 is 0 Å². The predicted molar refractivity (Wildman–Crippen MR) is 53.7 cm³/mol. The molecule has 1 N–H and O–H groups in total. The SMILES string of the molecule is CCc1cc(=O)[nH]c2c1C(=O)CCC2. The summed E-state index contributed by atoms with van der Waals surface area (Å²) in [6, 6.07) is 1.54. The smallest absolute Gasteiger partial charge is 0.248 e. The highest BCUT2D eigenvalue weighted by molar-refractivity contribution is 5.99. The van der Waals surface area contributed by atoms with E-state index in [1.165, 1.54) is 0 Å². The molecular formula is C11H13NO2. The zero-order chi connectivity index (χ0) is 10.1. The molecule has 0 amide bonds. The van der Waals surface area contributed by atoms with E-state index in [2.05, 4.69) is 4.98 Å². The summed E-state index contributed by atoms with van der Waals surface area (Å²) in [5.74, 6) is 0.180. The van der Waals surface area contributed by atoms with Crippen LogP contribution < -0.4 is 5.56 Å². The first-order chi connectivity index (χ1) is 6.72. The highest BCUT2D eigenvalue weighted by Gasteiger charge is 2.20. The minimum atomic E-state index is -0.0877. The van der Waals surface area contributed by atoms with E-state index < -0.39 is 0 Å². The van der Waals surface area contributed by atoms with Crippen molar-refractivity contribution >= 4 is 5.78 Å². The van der Waals surface area contributed by atoms with E-state index in [1.54, 1.807) is 6.07 Å². The Morgan fingerprint density at radius 2 is 2.14 bits per heavy atom. The number of hydrogen-bond acceptors (Lipinski definition) is 2. The first kappa shape index (κ1) is 9.19. The minimum absolute atomic E-state index is 0.0877. The Balaban J connectivity index is 2.67. The van der Waals surface area contributed by atoms with Crippen LogP contribution >= 0.6 is 0 Å². The van der Waals surface area contributed by atoms with Crippen LogP contribution in [0.2, 0.25) is 0 Å². The van der Waals surface area contributed by atoms with Gasteiger partial charge in [0.2, 0.25) is 5.56 Å². The maximum Gasteiger partial charge on any atom is 0.248 e. The highest BCUT2D eigenvalue weighted by atomic mass is 16.1. The van der Waals surface area contributed by atoms with Gasteiger partial charge in [-0.25, -0.2) is 0 Å². The standard InChI is InChI=1S/C11H13NO2/c1-2-7-6-10(14)12-8-4-3-5-9(13)11(7)8/h6H,2-5H2,1H3,(H,12,14). The fourth-order valence-corrected chi connectivity index (χ4v) is 2.04. The molecule has 0 saturated carbocycles. The van der Waals surface area contributed by atoms with E-state index in [0.29, 0.717) is 6.42 Å². The van der Waals surface area contributed by atoms with E-state index in [9.17, 15) is 9.59 Å². The molecule has 0 aliphatic heterocycles. The first-order valence-corrected chi connectivity index (χ1v) is 5.00. The topological polar surface area (TPSA) is 49.9 Å². The van der Waals surface area contributed by atoms with E-state index in [4.69, 9.17) is 0 Å². The van der Waals surface area contributed by atoms with Gasteiger partial charge in [-0.3, -0.25) is 9.59 Å². The molecule has 14 heavy (non-hydrogen) atoms. The zero-order valence-electron chi connectivity index (χ0n) is 8.22. The Hall–Kier alpha value is -1.38. The van der Waals surface area contributed by atoms with Gasteiger partial charge in [0.05, 0.1) is 0 Å². The third kappa shape index (κ3) is 1.39. The van der Waals surface area contributed by atoms with Gasteiger partial charge in [0.1, 0.15) is 0 Å². The minimum Gasteiger partial charge on any atom is -0.325 e. The summed E-state index contributed by atoms with van der Waals surface area (Å²) in [5, 5.41) is 0. The first-order valence-electron chi connectivity index (χ1n) is 5.00. The van der Waals surface area contributed by atoms with Crippen LogP contribution in [-0.2, 0) is 12.8 Å². The number of aromatic nitrogens is 1. The molecule has 1 heterocycles. The van der Waals surface area contributed by atoms with Gasteiger partial charge in [-0.15, -0.1) is 0 Å². The fourth-order valence-electron chi connectivity index (χ4n) is 2.04. The van der Waals surface area contributed by atoms with Crippen molar-refractivity contribution in [3.8, 4) is 0 Å². The van der Waals surface area contributed by atoms with Gasteiger partial charge >= 0.3 is 0 Å². The van der Waals surface area contributed by atoms with Gasteiger partial charge in [0.15, 0.2) is 5.78 Å². The Morgan fingerprint density at radius 1 is 1.36 bits per heavy atom. The molecule has 0 fully saturated rings. The Kier molecular flexibility index (Phi) is 2.23. The van der Waals surface area contributed by atoms with Crippen molar-refractivity contribution in [3.63, 3.8) is 0 Å². The van der Waals surface area contributed by atoms with Crippen molar-refractivity contribution in [2.45, 2.75) is 32.6 Å². The molecule has 0 atom stereocenters. The summed E-state index contributed by atoms with van der Waals surface area (Å²) in [6.07, 6.45) is 3.04. The number of carbonyl (C=O) groups excluding carboxylic acids is 1. The molecule has 0 aromatic carbocycles. The zero-order valence-corrected chi connectivity index (χ0v) is 8.22. The lowest BCUT2D eigenvalue weighted by molar-refractivity contribution is 0.0970. The van der Waals surface area contributed by atoms with E-state index in [-0.39, 0.29) is 11.3 Å². The molecule has 1 aliphatic carbocycles. The lowest BCUT2D eigenvalue weighted by Gasteiger charge is -2.16. The van der Waals surface area contributed by atoms with Gasteiger partial charge in [-0.2, -0.15) is 0 Å². The molecule has 1 aliphatic rings. The van der Waals surface area contributed by atoms with Gasteiger partial charge in [-0.1, -0.05) is 6.92 Å². The van der Waals surface area contributed by atoms with Crippen LogP contribution in [0, 0.1) is 0 Å². The lowest BCUT2D eigenvalue weighted by Crippen LogP contribution is -2.21. The third-order valence-corrected chi connectivity index (χ3v) is 2.69. The Bertz CT molecular complexity index is 411. The fraction of sp³-hybridized carbons (Fsp3) is 0.455. The van der Waals surface area contributed by atoms with E-state index in [0.717, 1.165) is 36.1 Å². The average Bonchev–Trinajstić information content (AvgIpc) is 2.16. The lowest BCUT2D eigenvalue weighted by atomic mass is 9.90. The van der Waals surface area contributed by atoms with Crippen LogP contribution in [0.3, 0.4) is 0 Å². The maximum atomic E-state index is 11.7. The van der Waals surface area contributed by atoms with Crippen molar-refractivity contribution in [1.29, 1.82) is 0 Å². The number of aryl methyl sites for hydroxylation is 2. The second kappa shape index (κ2) is 3.40. The van der Waals surface area contributed by atoms with Crippen LogP contribution in [-0.4, -0.2) is 10.8 Å². The summed E-state index contributed by atoms with van der Waals surface area (Å²) in [5.41, 5.74) is 2.42. The molecule has 0 saturated heterocycles. The van der Waals surface area contributed by atoms with Crippen molar-refractivity contribution in [2.24, 2.45) is 0 Å². The molecule has 0 bridgehead atoms. The van der Waals surface area contributed by atoms with E-state index in [1.807, 2.05) is 6.92 Å². The average molecular weight is 191 g/mol. The van der Waals surface area contributed by atoms with Crippen molar-refractivity contribution < 1.29 is 4.79 Å². The quantitative estimate of drug-likeness (QED) is 0.730. The van der Waals surface area contributed by atoms with Crippen molar-refractivity contribution in [2.75, 3.05) is 0 Å². The maximum absolute atomic E-state index is 11.7. The summed E-state index contributed by atoms with van der Waals surface area (Å²) in [4.78, 5) is 25.7. The summed E-state index contributed by atoms with van der Waals surface area (Å²) < 4.78 is 0. The second-order valence-electron chi connectivity index (χ2n) is 3.64. The number of pyridine rings is 1. The molecule has 1 aromatic heterocycles. The molecule has 0 spiro atoms. The van der Waals surface area contributed by atoms with Gasteiger partial charge in [0, 0.05) is 23.7 Å². The second-order valence-corrected chi connectivity index (χ2v) is 3.64. The molecular weight excluding hydrogens is 178 g/mol. The normalized spacial score (nSPS) is 15.4. The Labute approximate surface area is 82.2 Å². The van der Waals surface area contributed by atoms with Crippen LogP contribution in [0.25, 0.3) is 0 Å². The summed E-state index contributed by atoms with van der Waals surface area (Å²) in [7, 11) is 0. The van der Waals surface area contributed by atoms with Crippen LogP contribution in [0.4, 0.5) is 0 Å². The number of hydrogen-bond donors (Lipinski definition) is 1. The number of ketones is 1. The molecule has 1 aromatic rings. The predicted octanol–water partition coefficient (Wildman–Crippen LogP) is 1.46. The number of H-pyrrole nitrogens is 1. The molecule has 3 nitrogen and oxygen atoms in total. The van der Waals surface area contributed by atoms with Gasteiger partial charge in [-0.05, 0) is 24.8 Å². The Morgan fingerprint density at radius 3 is 2.86 bits per heavy atom. The van der Waals surface area contributed by atoms with Crippen molar-refractivity contribution in [3.05, 3.63) is 33.2 Å². The number of nitrogens with one attached hydrogen (secondary N) is 1. The number of rotatable bonds is 1. The monoisotopic (exact) mass is 191 g/mol. The largest absolute Gasteiger partial charge is 0.325 e. The summed E-state index contributed by atoms with van der Waals surface area (Å²) in [6.45, 7) is 1.97. The summed E-state index contributed by atoms with van der Waals surface area (Å²) >= 11 is 0. The van der Waals surface area contributed by atoms with Gasteiger partial charge < -0.3 is 4.98 Å². The number of aromatic amines is 1. The highest BCUT2D eigenvalue weighted by Crippen LogP contribution is 2.21. The van der Waals surface area contributed by atoms with Crippen LogP contribution in [0.5, 0.6) is 0 Å². The molecule has 0 unspecified atom stereocenters. The molecule has 3 heteroatoms. The number of carbonyl (C=O) groups is 1. The molecule has 0 radical (unpaired) electrons. The number of fused-ring (bicyclic) bond motifs is 1. The van der Waals surface area contributed by atoms with Gasteiger partial charge in [0.25, 0.3) is 0 Å². The molecule has 2 rings (SSSR count). The number of Topliss-reactive ketones (excluding diaryl/α,β-unsaturated/α-hetero) is 1. The van der Waals surface area contributed by atoms with Crippen LogP contribution in [0.1, 0.15) is 41.4 Å². The third-order valence-electron chi connectivity index (χ3n) is 2.69. The van der Waals surface area contributed by atoms with Crippen LogP contribution in [0.15, 0.2) is 10.9 Å². The molecule has 74 valence electrons.